The quantitative estimate of drug-likeness (QED) is 0.559. The van der Waals surface area contributed by atoms with Crippen LogP contribution in [-0.2, 0) is 0 Å². The molecule has 2 nitrogen and oxygen atoms in total. The first-order valence-corrected chi connectivity index (χ1v) is 8.77. The van der Waals surface area contributed by atoms with Crippen molar-refractivity contribution in [3.63, 3.8) is 0 Å². The van der Waals surface area contributed by atoms with E-state index in [1.165, 1.54) is 11.1 Å². The molecule has 3 aromatic rings. The number of ether oxygens (including phenoxy) is 1. The molecule has 0 amide bonds. The van der Waals surface area contributed by atoms with Gasteiger partial charge in [-0.05, 0) is 43.2 Å². The predicted octanol–water partition coefficient (Wildman–Crippen LogP) is 5.70. The Balaban J connectivity index is 1.84. The fraction of sp³-hybridized carbons (Fsp3) is 0.125. The summed E-state index contributed by atoms with van der Waals surface area (Å²) >= 11 is 0. The van der Waals surface area contributed by atoms with Gasteiger partial charge in [0.2, 0.25) is 0 Å². The van der Waals surface area contributed by atoms with Crippen LogP contribution >= 0.6 is 0 Å². The van der Waals surface area contributed by atoms with Crippen molar-refractivity contribution >= 4 is 11.9 Å². The van der Waals surface area contributed by atoms with Crippen LogP contribution in [-0.4, -0.2) is 5.78 Å². The van der Waals surface area contributed by atoms with E-state index < -0.39 is 6.10 Å². The minimum Gasteiger partial charge on any atom is -0.480 e. The zero-order chi connectivity index (χ0) is 18.1. The van der Waals surface area contributed by atoms with Crippen LogP contribution in [0.4, 0.5) is 0 Å². The Hall–Kier alpha value is -3.13. The molecule has 0 saturated heterocycles. The summed E-state index contributed by atoms with van der Waals surface area (Å²) in [5.74, 6) is 0.669. The van der Waals surface area contributed by atoms with E-state index in [9.17, 15) is 4.79 Å². The first-order chi connectivity index (χ1) is 12.6. The van der Waals surface area contributed by atoms with Gasteiger partial charge in [-0.2, -0.15) is 0 Å². The highest BCUT2D eigenvalue weighted by Gasteiger charge is 2.32. The van der Waals surface area contributed by atoms with Gasteiger partial charge >= 0.3 is 0 Å². The highest BCUT2D eigenvalue weighted by molar-refractivity contribution is 6.14. The molecule has 0 saturated carbocycles. The standard InChI is InChI=1S/C24H20O2/c1-16-7-11-18(12-8-16)15-21-23(25)20-5-3-4-6-22(20)26-24(21)19-13-9-17(2)10-14-19/h3-15,24H,1-2H3/b21-15+/t24-/m1/s1. The van der Waals surface area contributed by atoms with Gasteiger partial charge in [0.25, 0.3) is 0 Å². The van der Waals surface area contributed by atoms with E-state index in [1.807, 2.05) is 66.7 Å². The van der Waals surface area contributed by atoms with Crippen LogP contribution in [0.2, 0.25) is 0 Å². The van der Waals surface area contributed by atoms with E-state index in [-0.39, 0.29) is 5.78 Å². The molecule has 0 radical (unpaired) electrons. The third-order valence-electron chi connectivity index (χ3n) is 4.70. The van der Waals surface area contributed by atoms with Gasteiger partial charge in [-0.15, -0.1) is 0 Å². The van der Waals surface area contributed by atoms with Crippen LogP contribution in [0.1, 0.15) is 38.7 Å². The van der Waals surface area contributed by atoms with Crippen molar-refractivity contribution in [1.82, 2.24) is 0 Å². The summed E-state index contributed by atoms with van der Waals surface area (Å²) in [6.07, 6.45) is 1.54. The Bertz CT molecular complexity index is 979. The number of benzene rings is 3. The molecule has 0 fully saturated rings. The topological polar surface area (TPSA) is 26.3 Å². The van der Waals surface area contributed by atoms with Gasteiger partial charge in [-0.1, -0.05) is 71.8 Å². The van der Waals surface area contributed by atoms with Gasteiger partial charge in [0.15, 0.2) is 11.9 Å². The minimum absolute atomic E-state index is 0.0259. The van der Waals surface area contributed by atoms with E-state index in [4.69, 9.17) is 4.74 Å². The number of hydrogen-bond acceptors (Lipinski definition) is 2. The van der Waals surface area contributed by atoms with Gasteiger partial charge in [0.05, 0.1) is 5.56 Å². The molecule has 3 aromatic carbocycles. The van der Waals surface area contributed by atoms with E-state index in [1.54, 1.807) is 0 Å². The highest BCUT2D eigenvalue weighted by Crippen LogP contribution is 2.39. The molecule has 26 heavy (non-hydrogen) atoms. The number of fused-ring (bicyclic) bond motifs is 1. The van der Waals surface area contributed by atoms with Crippen molar-refractivity contribution in [3.05, 3.63) is 106 Å². The van der Waals surface area contributed by atoms with Crippen molar-refractivity contribution < 1.29 is 9.53 Å². The van der Waals surface area contributed by atoms with Crippen molar-refractivity contribution in [2.45, 2.75) is 20.0 Å². The number of carbonyl (C=O) groups is 1. The van der Waals surface area contributed by atoms with Crippen molar-refractivity contribution in [1.29, 1.82) is 0 Å². The van der Waals surface area contributed by atoms with E-state index in [0.717, 1.165) is 11.1 Å². The number of aryl methyl sites for hydroxylation is 2. The van der Waals surface area contributed by atoms with E-state index >= 15 is 0 Å². The fourth-order valence-electron chi connectivity index (χ4n) is 3.19. The summed E-state index contributed by atoms with van der Waals surface area (Å²) in [7, 11) is 0. The molecule has 2 heteroatoms. The number of carbonyl (C=O) groups excluding carboxylic acids is 1. The predicted molar refractivity (Wildman–Crippen MR) is 104 cm³/mol. The molecule has 1 aliphatic heterocycles. The molecular weight excluding hydrogens is 320 g/mol. The third kappa shape index (κ3) is 3.06. The lowest BCUT2D eigenvalue weighted by atomic mass is 9.89. The average Bonchev–Trinajstić information content (AvgIpc) is 2.66. The van der Waals surface area contributed by atoms with Crippen LogP contribution in [0.15, 0.2) is 78.4 Å². The molecular formula is C24H20O2. The summed E-state index contributed by atoms with van der Waals surface area (Å²) in [6.45, 7) is 4.10. The Morgan fingerprint density at radius 2 is 1.42 bits per heavy atom. The fourth-order valence-corrected chi connectivity index (χ4v) is 3.19. The molecule has 4 rings (SSSR count). The molecule has 0 N–H and O–H groups in total. The van der Waals surface area contributed by atoms with E-state index in [0.29, 0.717) is 16.9 Å². The molecule has 0 spiro atoms. The number of ketones is 1. The molecule has 0 aromatic heterocycles. The maximum Gasteiger partial charge on any atom is 0.196 e. The average molecular weight is 340 g/mol. The molecule has 1 heterocycles. The second-order valence-corrected chi connectivity index (χ2v) is 6.74. The monoisotopic (exact) mass is 340 g/mol. The largest absolute Gasteiger partial charge is 0.480 e. The lowest BCUT2D eigenvalue weighted by Gasteiger charge is -2.28. The zero-order valence-electron chi connectivity index (χ0n) is 14.9. The van der Waals surface area contributed by atoms with Gasteiger partial charge in [-0.25, -0.2) is 0 Å². The second kappa shape index (κ2) is 6.64. The van der Waals surface area contributed by atoms with Gasteiger partial charge in [-0.3, -0.25) is 4.79 Å². The number of para-hydroxylation sites is 1. The zero-order valence-corrected chi connectivity index (χ0v) is 14.9. The summed E-state index contributed by atoms with van der Waals surface area (Å²) in [4.78, 5) is 13.2. The van der Waals surface area contributed by atoms with Crippen LogP contribution in [0.3, 0.4) is 0 Å². The summed E-state index contributed by atoms with van der Waals surface area (Å²) < 4.78 is 6.25. The maximum atomic E-state index is 13.2. The summed E-state index contributed by atoms with van der Waals surface area (Å²) in [5.41, 5.74) is 5.64. The van der Waals surface area contributed by atoms with Crippen LogP contribution in [0.25, 0.3) is 6.08 Å². The SMILES string of the molecule is Cc1ccc(/C=C2\C(=O)c3ccccc3O[C@@H]2c2ccc(C)cc2)cc1. The Kier molecular flexibility index (Phi) is 4.18. The van der Waals surface area contributed by atoms with Gasteiger partial charge in [0.1, 0.15) is 5.75 Å². The van der Waals surface area contributed by atoms with Crippen molar-refractivity contribution in [2.75, 3.05) is 0 Å². The third-order valence-corrected chi connectivity index (χ3v) is 4.70. The molecule has 128 valence electrons. The highest BCUT2D eigenvalue weighted by atomic mass is 16.5. The van der Waals surface area contributed by atoms with Crippen molar-refractivity contribution in [2.24, 2.45) is 0 Å². The molecule has 0 aliphatic carbocycles. The smallest absolute Gasteiger partial charge is 0.196 e. The lowest BCUT2D eigenvalue weighted by molar-refractivity contribution is 0.0963. The van der Waals surface area contributed by atoms with Crippen LogP contribution in [0, 0.1) is 13.8 Å². The minimum atomic E-state index is -0.403. The summed E-state index contributed by atoms with van der Waals surface area (Å²) in [6, 6.07) is 23.8. The Morgan fingerprint density at radius 3 is 2.12 bits per heavy atom. The Morgan fingerprint density at radius 1 is 0.808 bits per heavy atom. The van der Waals surface area contributed by atoms with E-state index in [2.05, 4.69) is 26.0 Å². The molecule has 0 bridgehead atoms. The molecule has 1 atom stereocenters. The van der Waals surface area contributed by atoms with Crippen LogP contribution < -0.4 is 4.74 Å². The van der Waals surface area contributed by atoms with Crippen LogP contribution in [0.5, 0.6) is 5.75 Å². The Labute approximate surface area is 153 Å². The second-order valence-electron chi connectivity index (χ2n) is 6.74. The maximum absolute atomic E-state index is 13.2. The first kappa shape index (κ1) is 16.3. The van der Waals surface area contributed by atoms with Gasteiger partial charge < -0.3 is 4.74 Å². The first-order valence-electron chi connectivity index (χ1n) is 8.77. The number of Topliss-reactive ketones (excluding diaryl/α,β-unsaturated/α-hetero) is 1. The van der Waals surface area contributed by atoms with Gasteiger partial charge in [0, 0.05) is 5.57 Å². The lowest BCUT2D eigenvalue weighted by Crippen LogP contribution is -2.23. The molecule has 0 unspecified atom stereocenters. The number of hydrogen-bond donors (Lipinski definition) is 0. The summed E-state index contributed by atoms with van der Waals surface area (Å²) in [5, 5.41) is 0. The normalized spacial score (nSPS) is 17.7. The van der Waals surface area contributed by atoms with Crippen molar-refractivity contribution in [3.8, 4) is 5.75 Å². The number of rotatable bonds is 2. The molecule has 1 aliphatic rings.